The fourth-order valence-electron chi connectivity index (χ4n) is 2.21. The lowest BCUT2D eigenvalue weighted by Crippen LogP contribution is -2.24. The molecule has 1 fully saturated rings. The molecule has 0 bridgehead atoms. The van der Waals surface area contributed by atoms with Crippen molar-refractivity contribution in [2.45, 2.75) is 25.6 Å². The molecular weight excluding hydrogens is 277 g/mol. The summed E-state index contributed by atoms with van der Waals surface area (Å²) in [5, 5.41) is 5.46. The smallest absolute Gasteiger partial charge is 0.359 e. The third-order valence-corrected chi connectivity index (χ3v) is 3.20. The summed E-state index contributed by atoms with van der Waals surface area (Å²) in [7, 11) is 1.58. The van der Waals surface area contributed by atoms with Gasteiger partial charge in [0, 0.05) is 20.0 Å². The van der Waals surface area contributed by atoms with E-state index in [0.717, 1.165) is 6.42 Å². The van der Waals surface area contributed by atoms with Crippen LogP contribution in [0.4, 0.5) is 13.2 Å². The lowest BCUT2D eigenvalue weighted by molar-refractivity contribution is -0.146. The first-order chi connectivity index (χ1) is 9.38. The van der Waals surface area contributed by atoms with Crippen molar-refractivity contribution < 1.29 is 22.5 Å². The van der Waals surface area contributed by atoms with Crippen LogP contribution in [-0.4, -0.2) is 41.1 Å². The molecule has 1 N–H and O–H groups in total. The second-order valence-corrected chi connectivity index (χ2v) is 4.78. The lowest BCUT2D eigenvalue weighted by Gasteiger charge is -2.12. The number of hydrogen-bond donors (Lipinski definition) is 1. The molecular formula is C11H15F3N4O2. The molecule has 20 heavy (non-hydrogen) atoms. The highest BCUT2D eigenvalue weighted by atomic mass is 19.4. The molecule has 0 radical (unpaired) electrons. The molecule has 0 spiro atoms. The average molecular weight is 292 g/mol. The monoisotopic (exact) mass is 292 g/mol. The van der Waals surface area contributed by atoms with Gasteiger partial charge in [-0.2, -0.15) is 18.2 Å². The van der Waals surface area contributed by atoms with Gasteiger partial charge in [-0.25, -0.2) is 0 Å². The van der Waals surface area contributed by atoms with E-state index in [4.69, 9.17) is 0 Å². The molecule has 2 rings (SSSR count). The van der Waals surface area contributed by atoms with E-state index in [2.05, 4.69) is 20.0 Å². The van der Waals surface area contributed by atoms with Crippen molar-refractivity contribution in [2.24, 2.45) is 5.92 Å². The molecule has 6 nitrogen and oxygen atoms in total. The first kappa shape index (κ1) is 14.8. The zero-order chi connectivity index (χ0) is 14.8. The Bertz CT molecular complexity index is 474. The zero-order valence-electron chi connectivity index (χ0n) is 10.9. The molecule has 1 aliphatic heterocycles. The molecule has 1 unspecified atom stereocenters. The predicted octanol–water partition coefficient (Wildman–Crippen LogP) is 1.05. The summed E-state index contributed by atoms with van der Waals surface area (Å²) in [6, 6.07) is 0. The second-order valence-electron chi connectivity index (χ2n) is 4.78. The van der Waals surface area contributed by atoms with E-state index in [-0.39, 0.29) is 24.3 Å². The number of likely N-dealkylation sites (tertiary alicyclic amines) is 1. The molecule has 1 amide bonds. The molecule has 1 aromatic rings. The highest BCUT2D eigenvalue weighted by Gasteiger charge is 2.37. The minimum Gasteiger partial charge on any atom is -0.359 e. The van der Waals surface area contributed by atoms with Gasteiger partial charge in [0.05, 0.1) is 6.54 Å². The number of carbonyl (C=O) groups is 1. The largest absolute Gasteiger partial charge is 0.455 e. The van der Waals surface area contributed by atoms with Gasteiger partial charge in [-0.3, -0.25) is 9.69 Å². The van der Waals surface area contributed by atoms with Gasteiger partial charge in [0.15, 0.2) is 0 Å². The molecule has 1 aromatic heterocycles. The Balaban J connectivity index is 1.86. The minimum atomic E-state index is -4.59. The Hall–Kier alpha value is -1.64. The molecule has 0 aliphatic carbocycles. The number of alkyl halides is 3. The zero-order valence-corrected chi connectivity index (χ0v) is 10.9. The molecule has 0 saturated carbocycles. The maximum absolute atomic E-state index is 12.3. The van der Waals surface area contributed by atoms with Crippen LogP contribution < -0.4 is 5.32 Å². The van der Waals surface area contributed by atoms with Crippen molar-refractivity contribution >= 4 is 5.91 Å². The van der Waals surface area contributed by atoms with E-state index in [9.17, 15) is 18.0 Å². The Morgan fingerprint density at radius 2 is 2.30 bits per heavy atom. The van der Waals surface area contributed by atoms with Crippen LogP contribution in [0.5, 0.6) is 0 Å². The Labute approximate surface area is 113 Å². The number of hydrogen-bond acceptors (Lipinski definition) is 5. The SMILES string of the molecule is CNC(=O)CC1CCN(Cc2nc(C(F)(F)F)no2)C1. The number of nitrogens with zero attached hydrogens (tertiary/aromatic N) is 3. The van der Waals surface area contributed by atoms with Crippen LogP contribution in [0.25, 0.3) is 0 Å². The fraction of sp³-hybridized carbons (Fsp3) is 0.727. The molecule has 2 heterocycles. The number of halogens is 3. The first-order valence-corrected chi connectivity index (χ1v) is 6.21. The van der Waals surface area contributed by atoms with E-state index in [1.165, 1.54) is 0 Å². The van der Waals surface area contributed by atoms with E-state index in [1.54, 1.807) is 7.05 Å². The number of nitrogens with one attached hydrogen (secondary N) is 1. The summed E-state index contributed by atoms with van der Waals surface area (Å²) < 4.78 is 41.5. The van der Waals surface area contributed by atoms with Crippen LogP contribution >= 0.6 is 0 Å². The van der Waals surface area contributed by atoms with E-state index < -0.39 is 12.0 Å². The molecule has 112 valence electrons. The standard InChI is InChI=1S/C11H15F3N4O2/c1-15-8(19)4-7-2-3-18(5-7)6-9-16-10(17-20-9)11(12,13)14/h7H,2-6H2,1H3,(H,15,19). The van der Waals surface area contributed by atoms with Crippen LogP contribution in [0.3, 0.4) is 0 Å². The number of carbonyl (C=O) groups excluding carboxylic acids is 1. The summed E-state index contributed by atoms with van der Waals surface area (Å²) >= 11 is 0. The summed E-state index contributed by atoms with van der Waals surface area (Å²) in [6.07, 6.45) is -3.34. The topological polar surface area (TPSA) is 71.3 Å². The second kappa shape index (κ2) is 5.78. The fourth-order valence-corrected chi connectivity index (χ4v) is 2.21. The molecule has 9 heteroatoms. The molecule has 1 aliphatic rings. The summed E-state index contributed by atoms with van der Waals surface area (Å²) in [6.45, 7) is 1.51. The van der Waals surface area contributed by atoms with Crippen LogP contribution in [-0.2, 0) is 17.5 Å². The molecule has 1 atom stereocenters. The number of aromatic nitrogens is 2. The number of amides is 1. The minimum absolute atomic E-state index is 0.0333. The van der Waals surface area contributed by atoms with Crippen LogP contribution in [0.15, 0.2) is 4.52 Å². The van der Waals surface area contributed by atoms with Gasteiger partial charge >= 0.3 is 6.18 Å². The molecule has 0 aromatic carbocycles. The maximum Gasteiger partial charge on any atom is 0.455 e. The van der Waals surface area contributed by atoms with Crippen molar-refractivity contribution in [3.63, 3.8) is 0 Å². The van der Waals surface area contributed by atoms with Gasteiger partial charge in [-0.15, -0.1) is 0 Å². The van der Waals surface area contributed by atoms with Gasteiger partial charge in [-0.1, -0.05) is 5.16 Å². The molecule has 1 saturated heterocycles. The van der Waals surface area contributed by atoms with E-state index in [1.807, 2.05) is 4.90 Å². The van der Waals surface area contributed by atoms with Crippen molar-refractivity contribution in [3.8, 4) is 0 Å². The van der Waals surface area contributed by atoms with Crippen LogP contribution in [0.1, 0.15) is 24.6 Å². The third-order valence-electron chi connectivity index (χ3n) is 3.20. The van der Waals surface area contributed by atoms with Crippen LogP contribution in [0.2, 0.25) is 0 Å². The quantitative estimate of drug-likeness (QED) is 0.898. The first-order valence-electron chi connectivity index (χ1n) is 6.21. The van der Waals surface area contributed by atoms with Gasteiger partial charge < -0.3 is 9.84 Å². The lowest BCUT2D eigenvalue weighted by atomic mass is 10.1. The van der Waals surface area contributed by atoms with Crippen molar-refractivity contribution in [2.75, 3.05) is 20.1 Å². The normalized spacial score (nSPS) is 20.3. The Morgan fingerprint density at radius 1 is 1.55 bits per heavy atom. The van der Waals surface area contributed by atoms with Gasteiger partial charge in [-0.05, 0) is 18.9 Å². The van der Waals surface area contributed by atoms with E-state index >= 15 is 0 Å². The van der Waals surface area contributed by atoms with E-state index in [0.29, 0.717) is 19.5 Å². The summed E-state index contributed by atoms with van der Waals surface area (Å²) in [5.41, 5.74) is 0. The maximum atomic E-state index is 12.3. The van der Waals surface area contributed by atoms with Crippen molar-refractivity contribution in [1.29, 1.82) is 0 Å². The summed E-state index contributed by atoms with van der Waals surface area (Å²) in [4.78, 5) is 16.5. The van der Waals surface area contributed by atoms with Gasteiger partial charge in [0.2, 0.25) is 11.8 Å². The Morgan fingerprint density at radius 3 is 2.90 bits per heavy atom. The third kappa shape index (κ3) is 3.69. The van der Waals surface area contributed by atoms with Gasteiger partial charge in [0.25, 0.3) is 5.82 Å². The number of rotatable bonds is 4. The summed E-state index contributed by atoms with van der Waals surface area (Å²) in [5.74, 6) is -1.14. The highest BCUT2D eigenvalue weighted by molar-refractivity contribution is 5.75. The highest BCUT2D eigenvalue weighted by Crippen LogP contribution is 2.27. The van der Waals surface area contributed by atoms with Crippen LogP contribution in [0, 0.1) is 5.92 Å². The van der Waals surface area contributed by atoms with Crippen molar-refractivity contribution in [1.82, 2.24) is 20.4 Å². The van der Waals surface area contributed by atoms with Gasteiger partial charge in [0.1, 0.15) is 0 Å². The predicted molar refractivity (Wildman–Crippen MR) is 61.4 cm³/mol. The van der Waals surface area contributed by atoms with Crippen molar-refractivity contribution in [3.05, 3.63) is 11.7 Å². The average Bonchev–Trinajstić information content (AvgIpc) is 2.98. The Kier molecular flexibility index (Phi) is 4.26.